The molecule has 2 aromatic carbocycles. The Bertz CT molecular complexity index is 1120. The molecule has 0 saturated carbocycles. The van der Waals surface area contributed by atoms with Crippen molar-refractivity contribution in [2.75, 3.05) is 35.6 Å². The number of thioether (sulfide) groups is 1. The molecule has 0 saturated heterocycles. The Kier molecular flexibility index (Phi) is 6.43. The standard InChI is InChI=1S/C19H18ClN7O3S/c20-13-3-1-2-12(8-13)10-22-24-18-25-26-19(27(18)21)31-11-17(28)23-14-4-5-15-16(9-14)30-7-6-29-15/h1-5,8-10H,6-7,11,21H2,(H,23,28)(H,24,25)/b22-10+. The van der Waals surface area contributed by atoms with E-state index in [0.717, 1.165) is 17.3 Å². The van der Waals surface area contributed by atoms with Crippen LogP contribution in [0, 0.1) is 0 Å². The van der Waals surface area contributed by atoms with Crippen molar-refractivity contribution >= 4 is 47.1 Å². The molecular formula is C19H18ClN7O3S. The van der Waals surface area contributed by atoms with Gasteiger partial charge in [0.2, 0.25) is 11.1 Å². The zero-order valence-corrected chi connectivity index (χ0v) is 17.7. The molecule has 0 unspecified atom stereocenters. The Morgan fingerprint density at radius 2 is 2.06 bits per heavy atom. The van der Waals surface area contributed by atoms with Gasteiger partial charge < -0.3 is 20.6 Å². The van der Waals surface area contributed by atoms with Crippen molar-refractivity contribution in [1.82, 2.24) is 14.9 Å². The number of fused-ring (bicyclic) bond motifs is 1. The molecule has 0 fully saturated rings. The highest BCUT2D eigenvalue weighted by molar-refractivity contribution is 7.99. The smallest absolute Gasteiger partial charge is 0.264 e. The molecule has 4 rings (SSSR count). The SMILES string of the molecule is Nn1c(N/N=C/c2cccc(Cl)c2)nnc1SCC(=O)Nc1ccc2c(c1)OCCO2. The number of nitrogens with two attached hydrogens (primary N) is 1. The molecular weight excluding hydrogens is 442 g/mol. The second-order valence-corrected chi connectivity index (χ2v) is 7.68. The van der Waals surface area contributed by atoms with Crippen LogP contribution >= 0.6 is 23.4 Å². The van der Waals surface area contributed by atoms with Gasteiger partial charge in [0.05, 0.1) is 12.0 Å². The van der Waals surface area contributed by atoms with Gasteiger partial charge in [-0.05, 0) is 29.8 Å². The minimum absolute atomic E-state index is 0.0928. The van der Waals surface area contributed by atoms with Crippen LogP contribution in [0.4, 0.5) is 11.6 Å². The summed E-state index contributed by atoms with van der Waals surface area (Å²) in [6.07, 6.45) is 1.58. The average molecular weight is 460 g/mol. The van der Waals surface area contributed by atoms with Crippen molar-refractivity contribution in [2.24, 2.45) is 5.10 Å². The third kappa shape index (κ3) is 5.38. The van der Waals surface area contributed by atoms with E-state index in [9.17, 15) is 4.79 Å². The van der Waals surface area contributed by atoms with E-state index in [0.29, 0.717) is 40.6 Å². The van der Waals surface area contributed by atoms with Crippen LogP contribution < -0.4 is 26.1 Å². The van der Waals surface area contributed by atoms with Crippen molar-refractivity contribution in [3.8, 4) is 11.5 Å². The molecule has 4 N–H and O–H groups in total. The number of nitrogen functional groups attached to an aromatic ring is 1. The molecule has 0 bridgehead atoms. The third-order valence-corrected chi connectivity index (χ3v) is 5.23. The van der Waals surface area contributed by atoms with Gasteiger partial charge in [-0.15, -0.1) is 10.2 Å². The second-order valence-electron chi connectivity index (χ2n) is 6.30. The minimum Gasteiger partial charge on any atom is -0.486 e. The molecule has 0 atom stereocenters. The van der Waals surface area contributed by atoms with E-state index in [1.807, 2.05) is 12.1 Å². The molecule has 1 amide bonds. The summed E-state index contributed by atoms with van der Waals surface area (Å²) in [6.45, 7) is 0.990. The number of ether oxygens (including phenoxy) is 2. The Balaban J connectivity index is 1.30. The zero-order valence-electron chi connectivity index (χ0n) is 16.1. The lowest BCUT2D eigenvalue weighted by molar-refractivity contribution is -0.113. The summed E-state index contributed by atoms with van der Waals surface area (Å²) in [6, 6.07) is 12.4. The lowest BCUT2D eigenvalue weighted by atomic mass is 10.2. The number of nitrogens with one attached hydrogen (secondary N) is 2. The summed E-state index contributed by atoms with van der Waals surface area (Å²) in [5.41, 5.74) is 4.13. The number of carbonyl (C=O) groups is 1. The Labute approximate surface area is 186 Å². The lowest BCUT2D eigenvalue weighted by Crippen LogP contribution is -2.18. The van der Waals surface area contributed by atoms with Crippen molar-refractivity contribution in [2.45, 2.75) is 5.16 Å². The van der Waals surface area contributed by atoms with Gasteiger partial charge in [-0.3, -0.25) is 4.79 Å². The second kappa shape index (κ2) is 9.58. The number of anilines is 2. The number of hydrogen-bond acceptors (Lipinski definition) is 9. The monoisotopic (exact) mass is 459 g/mol. The maximum absolute atomic E-state index is 12.3. The van der Waals surface area contributed by atoms with Gasteiger partial charge in [0.25, 0.3) is 5.95 Å². The van der Waals surface area contributed by atoms with Crippen LogP contribution in [0.1, 0.15) is 5.56 Å². The van der Waals surface area contributed by atoms with Crippen molar-refractivity contribution in [1.29, 1.82) is 0 Å². The molecule has 160 valence electrons. The number of benzene rings is 2. The molecule has 0 spiro atoms. The van der Waals surface area contributed by atoms with Crippen LogP contribution in [0.5, 0.6) is 11.5 Å². The van der Waals surface area contributed by atoms with Crippen molar-refractivity contribution in [3.63, 3.8) is 0 Å². The highest BCUT2D eigenvalue weighted by Crippen LogP contribution is 2.32. The molecule has 12 heteroatoms. The van der Waals surface area contributed by atoms with E-state index in [-0.39, 0.29) is 17.6 Å². The number of nitrogens with zero attached hydrogens (tertiary/aromatic N) is 4. The first-order valence-corrected chi connectivity index (χ1v) is 10.5. The summed E-state index contributed by atoms with van der Waals surface area (Å²) in [7, 11) is 0. The lowest BCUT2D eigenvalue weighted by Gasteiger charge is -2.18. The summed E-state index contributed by atoms with van der Waals surface area (Å²) >= 11 is 7.08. The summed E-state index contributed by atoms with van der Waals surface area (Å²) in [5.74, 6) is 7.34. The van der Waals surface area contributed by atoms with E-state index in [1.165, 1.54) is 4.68 Å². The van der Waals surface area contributed by atoms with Crippen LogP contribution in [0.15, 0.2) is 52.7 Å². The first-order chi connectivity index (χ1) is 15.1. The molecule has 0 aliphatic carbocycles. The fourth-order valence-electron chi connectivity index (χ4n) is 2.65. The van der Waals surface area contributed by atoms with Crippen molar-refractivity contribution in [3.05, 3.63) is 53.1 Å². The number of rotatable bonds is 7. The first-order valence-electron chi connectivity index (χ1n) is 9.16. The predicted molar refractivity (Wildman–Crippen MR) is 120 cm³/mol. The Morgan fingerprint density at radius 3 is 2.90 bits per heavy atom. The zero-order chi connectivity index (χ0) is 21.6. The maximum atomic E-state index is 12.3. The number of hydrogen-bond donors (Lipinski definition) is 3. The number of halogens is 1. The van der Waals surface area contributed by atoms with E-state index in [1.54, 1.807) is 36.5 Å². The van der Waals surface area contributed by atoms with Crippen molar-refractivity contribution < 1.29 is 14.3 Å². The van der Waals surface area contributed by atoms with Gasteiger partial charge in [-0.2, -0.15) is 5.10 Å². The average Bonchev–Trinajstić information content (AvgIpc) is 3.12. The molecule has 1 aromatic heterocycles. The van der Waals surface area contributed by atoms with Gasteiger partial charge >= 0.3 is 0 Å². The van der Waals surface area contributed by atoms with Crippen LogP contribution in [-0.4, -0.2) is 46.0 Å². The van der Waals surface area contributed by atoms with E-state index >= 15 is 0 Å². The van der Waals surface area contributed by atoms with Crippen LogP contribution in [0.3, 0.4) is 0 Å². The van der Waals surface area contributed by atoms with E-state index < -0.39 is 0 Å². The fraction of sp³-hybridized carbons (Fsp3) is 0.158. The summed E-state index contributed by atoms with van der Waals surface area (Å²) < 4.78 is 12.2. The molecule has 10 nitrogen and oxygen atoms in total. The van der Waals surface area contributed by atoms with E-state index in [4.69, 9.17) is 26.9 Å². The van der Waals surface area contributed by atoms with E-state index in [2.05, 4.69) is 26.0 Å². The number of hydrazone groups is 1. The molecule has 1 aliphatic heterocycles. The Morgan fingerprint density at radius 1 is 1.23 bits per heavy atom. The molecule has 1 aliphatic rings. The van der Waals surface area contributed by atoms with Gasteiger partial charge in [0.1, 0.15) is 13.2 Å². The largest absolute Gasteiger partial charge is 0.486 e. The maximum Gasteiger partial charge on any atom is 0.264 e. The van der Waals surface area contributed by atoms with Crippen LogP contribution in [-0.2, 0) is 4.79 Å². The summed E-state index contributed by atoms with van der Waals surface area (Å²) in [5, 5.41) is 15.7. The third-order valence-electron chi connectivity index (χ3n) is 4.05. The molecule has 0 radical (unpaired) electrons. The van der Waals surface area contributed by atoms with Gasteiger partial charge in [0.15, 0.2) is 11.5 Å². The topological polar surface area (TPSA) is 129 Å². The van der Waals surface area contributed by atoms with Gasteiger partial charge in [0, 0.05) is 16.8 Å². The molecule has 2 heterocycles. The van der Waals surface area contributed by atoms with Crippen LogP contribution in [0.25, 0.3) is 0 Å². The normalized spacial score (nSPS) is 12.7. The minimum atomic E-state index is -0.224. The highest BCUT2D eigenvalue weighted by Gasteiger charge is 2.15. The number of carbonyl (C=O) groups excluding carboxylic acids is 1. The quantitative estimate of drug-likeness (QED) is 0.213. The predicted octanol–water partition coefficient (Wildman–Crippen LogP) is 2.59. The summed E-state index contributed by atoms with van der Waals surface area (Å²) in [4.78, 5) is 12.3. The van der Waals surface area contributed by atoms with Gasteiger partial charge in [-0.1, -0.05) is 35.5 Å². The molecule has 31 heavy (non-hydrogen) atoms. The highest BCUT2D eigenvalue weighted by atomic mass is 35.5. The molecule has 3 aromatic rings. The van der Waals surface area contributed by atoms with Crippen LogP contribution in [0.2, 0.25) is 5.02 Å². The first kappa shape index (κ1) is 20.8. The fourth-order valence-corrected chi connectivity index (χ4v) is 3.51. The Hall–Kier alpha value is -3.44. The number of aromatic nitrogens is 3. The van der Waals surface area contributed by atoms with Gasteiger partial charge in [-0.25, -0.2) is 10.1 Å². The number of amides is 1.